The molecular weight excluding hydrogens is 416 g/mol. The van der Waals surface area contributed by atoms with Crippen molar-refractivity contribution in [1.82, 2.24) is 24.8 Å². The first-order valence-electron chi connectivity index (χ1n) is 9.25. The summed E-state index contributed by atoms with van der Waals surface area (Å²) < 4.78 is 11.8. The van der Waals surface area contributed by atoms with E-state index in [1.807, 2.05) is 0 Å². The molecule has 1 aliphatic carbocycles. The Morgan fingerprint density at radius 1 is 1.37 bits per heavy atom. The number of carboxylic acid groups (broad SMARTS) is 1. The topological polar surface area (TPSA) is 145 Å². The van der Waals surface area contributed by atoms with Crippen molar-refractivity contribution in [3.8, 4) is 11.5 Å². The predicted octanol–water partition coefficient (Wildman–Crippen LogP) is 3.59. The van der Waals surface area contributed by atoms with Crippen LogP contribution in [0.3, 0.4) is 0 Å². The zero-order chi connectivity index (χ0) is 21.6. The molecule has 158 valence electrons. The Morgan fingerprint density at radius 2 is 2.10 bits per heavy atom. The lowest BCUT2D eigenvalue weighted by Crippen LogP contribution is -2.27. The van der Waals surface area contributed by atoms with E-state index in [0.29, 0.717) is 18.0 Å². The maximum absolute atomic E-state index is 12.2. The lowest BCUT2D eigenvalue weighted by molar-refractivity contribution is 0.0632. The molecule has 0 aliphatic heterocycles. The molecule has 0 spiro atoms. The number of hydrogen-bond donors (Lipinski definition) is 2. The molecule has 12 heteroatoms. The number of aromatic nitrogens is 5. The minimum atomic E-state index is -1.15. The minimum Gasteiger partial charge on any atom is -0.478 e. The maximum atomic E-state index is 12.2. The molecule has 3 heterocycles. The summed E-state index contributed by atoms with van der Waals surface area (Å²) in [5.74, 6) is -0.519. The molecule has 0 unspecified atom stereocenters. The number of carboxylic acids is 1. The van der Waals surface area contributed by atoms with Gasteiger partial charge in [0.25, 0.3) is 0 Å². The van der Waals surface area contributed by atoms with Crippen LogP contribution in [0, 0.1) is 5.92 Å². The number of pyridine rings is 1. The molecule has 0 atom stereocenters. The highest BCUT2D eigenvalue weighted by Crippen LogP contribution is 2.37. The Kier molecular flexibility index (Phi) is 4.85. The number of hydrogen-bond acceptors (Lipinski definition) is 8. The van der Waals surface area contributed by atoms with Gasteiger partial charge in [0.15, 0.2) is 16.7 Å². The van der Waals surface area contributed by atoms with E-state index < -0.39 is 17.7 Å². The molecule has 1 fully saturated rings. The first-order valence-corrected chi connectivity index (χ1v) is 9.63. The van der Waals surface area contributed by atoms with Crippen LogP contribution < -0.4 is 5.32 Å². The molecule has 0 aromatic carbocycles. The molecule has 4 rings (SSSR count). The predicted molar refractivity (Wildman–Crippen MR) is 105 cm³/mol. The van der Waals surface area contributed by atoms with Gasteiger partial charge in [-0.25, -0.2) is 24.2 Å². The Morgan fingerprint density at radius 3 is 2.73 bits per heavy atom. The molecule has 2 N–H and O–H groups in total. The molecule has 1 amide bonds. The first-order chi connectivity index (χ1) is 14.1. The second kappa shape index (κ2) is 7.24. The van der Waals surface area contributed by atoms with Crippen molar-refractivity contribution in [2.75, 3.05) is 5.32 Å². The van der Waals surface area contributed by atoms with E-state index >= 15 is 0 Å². The van der Waals surface area contributed by atoms with Crippen LogP contribution in [0.1, 0.15) is 44.0 Å². The third-order valence-electron chi connectivity index (χ3n) is 4.41. The van der Waals surface area contributed by atoms with Crippen molar-refractivity contribution in [3.63, 3.8) is 0 Å². The van der Waals surface area contributed by atoms with Gasteiger partial charge >= 0.3 is 12.1 Å². The van der Waals surface area contributed by atoms with E-state index in [4.69, 9.17) is 21.0 Å². The summed E-state index contributed by atoms with van der Waals surface area (Å²) in [7, 11) is 0. The van der Waals surface area contributed by atoms with E-state index in [9.17, 15) is 14.7 Å². The number of amides is 1. The van der Waals surface area contributed by atoms with Crippen LogP contribution in [0.2, 0.25) is 5.15 Å². The molecule has 0 bridgehead atoms. The van der Waals surface area contributed by atoms with E-state index in [1.165, 1.54) is 6.20 Å². The Hall–Kier alpha value is -3.21. The summed E-state index contributed by atoms with van der Waals surface area (Å²) >= 11 is 6.20. The Labute approximate surface area is 175 Å². The van der Waals surface area contributed by atoms with Gasteiger partial charge in [0.05, 0.1) is 5.52 Å². The number of ether oxygens (including phenoxy) is 1. The van der Waals surface area contributed by atoms with Crippen molar-refractivity contribution in [2.24, 2.45) is 5.92 Å². The summed E-state index contributed by atoms with van der Waals surface area (Å²) in [6, 6.07) is 0. The van der Waals surface area contributed by atoms with E-state index in [0.717, 1.165) is 12.8 Å². The highest BCUT2D eigenvalue weighted by Gasteiger charge is 2.30. The number of rotatable bonds is 5. The van der Waals surface area contributed by atoms with Gasteiger partial charge in [-0.05, 0) is 49.8 Å². The van der Waals surface area contributed by atoms with Crippen LogP contribution in [0.5, 0.6) is 0 Å². The number of fused-ring (bicyclic) bond motifs is 1. The molecule has 11 nitrogen and oxygen atoms in total. The largest absolute Gasteiger partial charge is 0.478 e. The van der Waals surface area contributed by atoms with Crippen LogP contribution in [0.15, 0.2) is 10.8 Å². The summed E-state index contributed by atoms with van der Waals surface area (Å²) in [5, 5.41) is 19.8. The molecule has 3 aromatic rings. The van der Waals surface area contributed by atoms with Gasteiger partial charge in [0.1, 0.15) is 16.7 Å². The number of imidazole rings is 1. The van der Waals surface area contributed by atoms with Gasteiger partial charge in [-0.2, -0.15) is 0 Å². The standard InChI is InChI=1S/C18H19ClN6O5/c1-18(2,3)29-17(28)22-14-11(23-30-24-14)15-21-10-12(25(15)7-8-4-5-8)9(16(26)27)6-20-13(10)19/h6,8H,4-5,7H2,1-3H3,(H,26,27)(H,22,24,28). The zero-order valence-electron chi connectivity index (χ0n) is 16.5. The van der Waals surface area contributed by atoms with Crippen LogP contribution in [-0.2, 0) is 11.3 Å². The van der Waals surface area contributed by atoms with E-state index in [1.54, 1.807) is 25.3 Å². The lowest BCUT2D eigenvalue weighted by Gasteiger charge is -2.19. The number of nitrogens with one attached hydrogen (secondary N) is 1. The first kappa shape index (κ1) is 20.1. The molecular formula is C18H19ClN6O5. The third-order valence-corrected chi connectivity index (χ3v) is 4.69. The average molecular weight is 435 g/mol. The number of halogens is 1. The van der Waals surface area contributed by atoms with Gasteiger partial charge in [-0.15, -0.1) is 0 Å². The average Bonchev–Trinajstić information content (AvgIpc) is 3.21. The molecule has 1 saturated carbocycles. The number of carbonyl (C=O) groups excluding carboxylic acids is 1. The van der Waals surface area contributed by atoms with Crippen LogP contribution in [0.4, 0.5) is 10.6 Å². The number of nitrogens with zero attached hydrogens (tertiary/aromatic N) is 5. The molecule has 0 radical (unpaired) electrons. The summed E-state index contributed by atoms with van der Waals surface area (Å²) in [5.41, 5.74) is -0.0677. The fraction of sp³-hybridized carbons (Fsp3) is 0.444. The smallest absolute Gasteiger partial charge is 0.413 e. The van der Waals surface area contributed by atoms with Gasteiger partial charge in [0.2, 0.25) is 5.82 Å². The highest BCUT2D eigenvalue weighted by atomic mass is 35.5. The SMILES string of the molecule is CC(C)(C)OC(=O)Nc1nonc1-c1nc2c(Cl)ncc(C(=O)O)c2n1CC1CC1. The van der Waals surface area contributed by atoms with Crippen LogP contribution >= 0.6 is 11.6 Å². The second-order valence-electron chi connectivity index (χ2n) is 8.04. The van der Waals surface area contributed by atoms with Gasteiger partial charge in [0, 0.05) is 12.7 Å². The van der Waals surface area contributed by atoms with Gasteiger partial charge < -0.3 is 14.4 Å². The summed E-state index contributed by atoms with van der Waals surface area (Å²) in [6.45, 7) is 5.69. The molecule has 30 heavy (non-hydrogen) atoms. The zero-order valence-corrected chi connectivity index (χ0v) is 17.2. The fourth-order valence-corrected chi connectivity index (χ4v) is 3.19. The fourth-order valence-electron chi connectivity index (χ4n) is 3.00. The van der Waals surface area contributed by atoms with Gasteiger partial charge in [-0.1, -0.05) is 11.6 Å². The van der Waals surface area contributed by atoms with Crippen molar-refractivity contribution < 1.29 is 24.1 Å². The Bertz CT molecular complexity index is 1140. The molecule has 3 aromatic heterocycles. The lowest BCUT2D eigenvalue weighted by atomic mass is 10.2. The van der Waals surface area contributed by atoms with Crippen LogP contribution in [-0.4, -0.2) is 47.6 Å². The van der Waals surface area contributed by atoms with Crippen molar-refractivity contribution in [2.45, 2.75) is 45.8 Å². The molecule has 1 aliphatic rings. The highest BCUT2D eigenvalue weighted by molar-refractivity contribution is 6.34. The van der Waals surface area contributed by atoms with E-state index in [-0.39, 0.29) is 33.6 Å². The quantitative estimate of drug-likeness (QED) is 0.575. The van der Waals surface area contributed by atoms with Gasteiger partial charge in [-0.3, -0.25) is 5.32 Å². The van der Waals surface area contributed by atoms with Crippen molar-refractivity contribution in [1.29, 1.82) is 0 Å². The maximum Gasteiger partial charge on any atom is 0.413 e. The normalized spacial score (nSPS) is 14.1. The second-order valence-corrected chi connectivity index (χ2v) is 8.40. The summed E-state index contributed by atoms with van der Waals surface area (Å²) in [4.78, 5) is 32.4. The summed E-state index contributed by atoms with van der Waals surface area (Å²) in [6.07, 6.45) is 2.49. The van der Waals surface area contributed by atoms with Crippen molar-refractivity contribution in [3.05, 3.63) is 16.9 Å². The number of carbonyl (C=O) groups is 2. The number of aromatic carboxylic acids is 1. The third kappa shape index (κ3) is 3.92. The monoisotopic (exact) mass is 434 g/mol. The van der Waals surface area contributed by atoms with Crippen LogP contribution in [0.25, 0.3) is 22.6 Å². The number of anilines is 1. The van der Waals surface area contributed by atoms with E-state index in [2.05, 4.69) is 25.6 Å². The Balaban J connectivity index is 1.83. The minimum absolute atomic E-state index is 0.00226. The van der Waals surface area contributed by atoms with Crippen molar-refractivity contribution >= 4 is 40.5 Å². The molecule has 0 saturated heterocycles.